The minimum Gasteiger partial charge on any atom is -0.490 e. The van der Waals surface area contributed by atoms with Crippen LogP contribution in [0.1, 0.15) is 36.5 Å². The summed E-state index contributed by atoms with van der Waals surface area (Å²) in [5.74, 6) is 1.04. The second-order valence-corrected chi connectivity index (χ2v) is 9.41. The Kier molecular flexibility index (Phi) is 9.13. The number of halogens is 1. The molecular formula is C27H26ClN5O2S. The lowest BCUT2D eigenvalue weighted by molar-refractivity contribution is 0.102. The van der Waals surface area contributed by atoms with Gasteiger partial charge in [-0.15, -0.1) is 5.10 Å². The first-order chi connectivity index (χ1) is 17.6. The normalized spacial score (nSPS) is 11.1. The van der Waals surface area contributed by atoms with Crippen molar-refractivity contribution in [1.29, 1.82) is 0 Å². The molecule has 1 amide bonds. The molecule has 0 saturated heterocycles. The highest BCUT2D eigenvalue weighted by Crippen LogP contribution is 2.39. The number of unbranched alkanes of at least 4 members (excludes halogenated alkanes) is 2. The summed E-state index contributed by atoms with van der Waals surface area (Å²) in [5.41, 5.74) is 1.99. The minimum absolute atomic E-state index is 0.238. The second-order valence-electron chi connectivity index (χ2n) is 7.89. The van der Waals surface area contributed by atoms with E-state index in [1.807, 2.05) is 36.4 Å². The first-order valence-electron chi connectivity index (χ1n) is 11.6. The van der Waals surface area contributed by atoms with Crippen LogP contribution in [-0.4, -0.2) is 33.1 Å². The van der Waals surface area contributed by atoms with Gasteiger partial charge in [-0.3, -0.25) is 4.79 Å². The molecule has 0 aliphatic heterocycles. The number of benzene rings is 3. The molecule has 184 valence electrons. The molecule has 0 atom stereocenters. The standard InChI is InChI=1S/C27H26ClN5O2S/c1-2-3-4-5-8-17-35-21-14-11-19(12-15-21)27(34)29-23-18-20(28)13-16-25(23)36-24-10-7-6-9-22(24)26-30-32-33-31-26/h5-16,18H,2-4,17H2,1H3,(H,29,34)(H,30,31,32,33). The van der Waals surface area contributed by atoms with E-state index < -0.39 is 0 Å². The fourth-order valence-corrected chi connectivity index (χ4v) is 4.57. The van der Waals surface area contributed by atoms with Crippen molar-refractivity contribution in [3.05, 3.63) is 89.5 Å². The number of ether oxygens (including phenoxy) is 1. The van der Waals surface area contributed by atoms with Crippen LogP contribution < -0.4 is 10.1 Å². The van der Waals surface area contributed by atoms with Crippen LogP contribution in [0.15, 0.2) is 88.7 Å². The predicted molar refractivity (Wildman–Crippen MR) is 144 cm³/mol. The second kappa shape index (κ2) is 12.9. The van der Waals surface area contributed by atoms with Crippen molar-refractivity contribution in [2.75, 3.05) is 11.9 Å². The van der Waals surface area contributed by atoms with Gasteiger partial charge in [0.15, 0.2) is 5.82 Å². The monoisotopic (exact) mass is 519 g/mol. The molecule has 0 aliphatic rings. The van der Waals surface area contributed by atoms with E-state index in [-0.39, 0.29) is 5.91 Å². The molecule has 3 aromatic carbocycles. The molecule has 2 N–H and O–H groups in total. The van der Waals surface area contributed by atoms with Crippen molar-refractivity contribution < 1.29 is 9.53 Å². The Morgan fingerprint density at radius 2 is 1.92 bits per heavy atom. The molecule has 4 rings (SSSR count). The fraction of sp³-hybridized carbons (Fsp3) is 0.185. The summed E-state index contributed by atoms with van der Waals surface area (Å²) in [4.78, 5) is 14.8. The van der Waals surface area contributed by atoms with E-state index in [1.165, 1.54) is 24.6 Å². The van der Waals surface area contributed by atoms with Crippen LogP contribution in [0.3, 0.4) is 0 Å². The van der Waals surface area contributed by atoms with E-state index in [0.29, 0.717) is 34.5 Å². The van der Waals surface area contributed by atoms with Crippen molar-refractivity contribution >= 4 is 35.0 Å². The fourth-order valence-electron chi connectivity index (χ4n) is 3.38. The summed E-state index contributed by atoms with van der Waals surface area (Å²) in [5, 5.41) is 17.7. The number of nitrogens with one attached hydrogen (secondary N) is 2. The van der Waals surface area contributed by atoms with Crippen molar-refractivity contribution in [1.82, 2.24) is 20.6 Å². The predicted octanol–water partition coefficient (Wildman–Crippen LogP) is 7.05. The van der Waals surface area contributed by atoms with Gasteiger partial charge in [0.25, 0.3) is 5.91 Å². The van der Waals surface area contributed by atoms with Crippen molar-refractivity contribution in [2.24, 2.45) is 0 Å². The highest BCUT2D eigenvalue weighted by Gasteiger charge is 2.14. The van der Waals surface area contributed by atoms with Crippen LogP contribution in [0.25, 0.3) is 11.4 Å². The number of nitrogens with zero attached hydrogens (tertiary/aromatic N) is 3. The van der Waals surface area contributed by atoms with Gasteiger partial charge >= 0.3 is 0 Å². The molecule has 1 aromatic heterocycles. The zero-order chi connectivity index (χ0) is 25.2. The summed E-state index contributed by atoms with van der Waals surface area (Å²) in [7, 11) is 0. The number of tetrazole rings is 1. The third kappa shape index (κ3) is 6.96. The van der Waals surface area contributed by atoms with Gasteiger partial charge in [-0.1, -0.05) is 67.4 Å². The molecule has 1 heterocycles. The Labute approximate surface area is 219 Å². The van der Waals surface area contributed by atoms with Crippen molar-refractivity contribution in [3.8, 4) is 17.1 Å². The van der Waals surface area contributed by atoms with E-state index in [1.54, 1.807) is 36.4 Å². The number of hydrogen-bond acceptors (Lipinski definition) is 6. The molecule has 0 radical (unpaired) electrons. The third-order valence-electron chi connectivity index (χ3n) is 5.25. The van der Waals surface area contributed by atoms with Crippen LogP contribution in [0.2, 0.25) is 5.02 Å². The van der Waals surface area contributed by atoms with Gasteiger partial charge in [0.2, 0.25) is 0 Å². The summed E-state index contributed by atoms with van der Waals surface area (Å²) in [6.45, 7) is 2.68. The molecule has 0 fully saturated rings. The van der Waals surface area contributed by atoms with Crippen LogP contribution in [-0.2, 0) is 0 Å². The van der Waals surface area contributed by atoms with Crippen LogP contribution in [0.4, 0.5) is 5.69 Å². The molecule has 0 bridgehead atoms. The molecule has 0 aliphatic carbocycles. The maximum absolute atomic E-state index is 13.0. The molecule has 7 nitrogen and oxygen atoms in total. The highest BCUT2D eigenvalue weighted by atomic mass is 35.5. The smallest absolute Gasteiger partial charge is 0.255 e. The van der Waals surface area contributed by atoms with Gasteiger partial charge < -0.3 is 10.1 Å². The van der Waals surface area contributed by atoms with E-state index in [0.717, 1.165) is 21.8 Å². The number of allylic oxidation sites excluding steroid dienone is 1. The van der Waals surface area contributed by atoms with E-state index in [9.17, 15) is 4.79 Å². The first-order valence-corrected chi connectivity index (χ1v) is 12.8. The summed E-state index contributed by atoms with van der Waals surface area (Å²) >= 11 is 7.74. The Bertz CT molecular complexity index is 1310. The summed E-state index contributed by atoms with van der Waals surface area (Å²) < 4.78 is 5.73. The Balaban J connectivity index is 1.45. The SMILES string of the molecule is CCCCC=CCOc1ccc(C(=O)Nc2cc(Cl)ccc2Sc2ccccc2-c2nnn[nH]2)cc1. The van der Waals surface area contributed by atoms with Crippen LogP contribution in [0.5, 0.6) is 5.75 Å². The molecule has 0 unspecified atom stereocenters. The number of aromatic nitrogens is 4. The lowest BCUT2D eigenvalue weighted by atomic mass is 10.2. The first kappa shape index (κ1) is 25.5. The van der Waals surface area contributed by atoms with Gasteiger partial charge in [-0.25, -0.2) is 5.10 Å². The summed E-state index contributed by atoms with van der Waals surface area (Å²) in [6, 6.07) is 20.3. The summed E-state index contributed by atoms with van der Waals surface area (Å²) in [6.07, 6.45) is 7.57. The molecule has 36 heavy (non-hydrogen) atoms. The van der Waals surface area contributed by atoms with Crippen LogP contribution in [0, 0.1) is 0 Å². The average Bonchev–Trinajstić information content (AvgIpc) is 3.43. The average molecular weight is 520 g/mol. The van der Waals surface area contributed by atoms with Gasteiger partial charge in [0.1, 0.15) is 12.4 Å². The highest BCUT2D eigenvalue weighted by molar-refractivity contribution is 7.99. The number of hydrogen-bond donors (Lipinski definition) is 2. The molecule has 4 aromatic rings. The van der Waals surface area contributed by atoms with Gasteiger partial charge in [0.05, 0.1) is 5.69 Å². The Morgan fingerprint density at radius 3 is 2.69 bits per heavy atom. The van der Waals surface area contributed by atoms with E-state index >= 15 is 0 Å². The molecular weight excluding hydrogens is 494 g/mol. The zero-order valence-electron chi connectivity index (χ0n) is 19.8. The van der Waals surface area contributed by atoms with E-state index in [2.05, 4.69) is 38.9 Å². The van der Waals surface area contributed by atoms with Gasteiger partial charge in [0, 0.05) is 25.9 Å². The maximum atomic E-state index is 13.0. The number of anilines is 1. The largest absolute Gasteiger partial charge is 0.490 e. The number of rotatable bonds is 11. The van der Waals surface area contributed by atoms with Crippen molar-refractivity contribution in [3.63, 3.8) is 0 Å². The van der Waals surface area contributed by atoms with Crippen molar-refractivity contribution in [2.45, 2.75) is 36.0 Å². The molecule has 0 spiro atoms. The number of carbonyl (C=O) groups is 1. The molecule has 9 heteroatoms. The Hall–Kier alpha value is -3.62. The van der Waals surface area contributed by atoms with Gasteiger partial charge in [-0.2, -0.15) is 0 Å². The number of aromatic amines is 1. The third-order valence-corrected chi connectivity index (χ3v) is 6.64. The maximum Gasteiger partial charge on any atom is 0.255 e. The van der Waals surface area contributed by atoms with E-state index in [4.69, 9.17) is 16.3 Å². The number of carbonyl (C=O) groups excluding carboxylic acids is 1. The number of amides is 1. The zero-order valence-corrected chi connectivity index (χ0v) is 21.4. The van der Waals surface area contributed by atoms with Gasteiger partial charge in [-0.05, 0) is 71.4 Å². The Morgan fingerprint density at radius 1 is 1.08 bits per heavy atom. The van der Waals surface area contributed by atoms with Crippen LogP contribution >= 0.6 is 23.4 Å². The lowest BCUT2D eigenvalue weighted by Gasteiger charge is -2.13. The minimum atomic E-state index is -0.238. The quantitative estimate of drug-likeness (QED) is 0.163. The topological polar surface area (TPSA) is 92.8 Å². The molecule has 0 saturated carbocycles. The lowest BCUT2D eigenvalue weighted by Crippen LogP contribution is -2.12. The number of H-pyrrole nitrogens is 1.